The summed E-state index contributed by atoms with van der Waals surface area (Å²) in [5.74, 6) is 0.813. The van der Waals surface area contributed by atoms with Gasteiger partial charge in [0.1, 0.15) is 18.5 Å². The molecule has 1 aromatic heterocycles. The van der Waals surface area contributed by atoms with Crippen LogP contribution in [0.25, 0.3) is 0 Å². The molecule has 1 aliphatic heterocycles. The number of alkyl halides is 3. The van der Waals surface area contributed by atoms with Gasteiger partial charge in [0.2, 0.25) is 10.1 Å². The normalized spacial score (nSPS) is 17.1. The molecule has 0 aliphatic carbocycles. The Hall–Kier alpha value is -1.91. The van der Waals surface area contributed by atoms with Gasteiger partial charge in [-0.25, -0.2) is 0 Å². The van der Waals surface area contributed by atoms with Crippen molar-refractivity contribution in [2.45, 2.75) is 39.5 Å². The fourth-order valence-electron chi connectivity index (χ4n) is 3.48. The first-order valence-corrected chi connectivity index (χ1v) is 10.7. The summed E-state index contributed by atoms with van der Waals surface area (Å²) in [5.41, 5.74) is 3.25. The third-order valence-corrected chi connectivity index (χ3v) is 6.31. The van der Waals surface area contributed by atoms with Gasteiger partial charge in [-0.05, 0) is 50.4 Å². The molecule has 0 spiro atoms. The average Bonchev–Trinajstić information content (AvgIpc) is 3.07. The summed E-state index contributed by atoms with van der Waals surface area (Å²) in [4.78, 5) is 3.94. The van der Waals surface area contributed by atoms with Crippen molar-refractivity contribution in [3.63, 3.8) is 0 Å². The van der Waals surface area contributed by atoms with Crippen molar-refractivity contribution in [3.05, 3.63) is 33.8 Å². The molecule has 166 valence electrons. The number of hydrogen-bond acceptors (Lipinski definition) is 7. The molecule has 1 saturated heterocycles. The molecule has 1 aliphatic rings. The van der Waals surface area contributed by atoms with Crippen LogP contribution in [0.15, 0.2) is 12.1 Å². The number of aliphatic hydroxyl groups excluding tert-OH is 1. The largest absolute Gasteiger partial charge is 0.490 e. The molecule has 0 radical (unpaired) electrons. The Morgan fingerprint density at radius 1 is 1.10 bits per heavy atom. The van der Waals surface area contributed by atoms with Gasteiger partial charge in [0.15, 0.2) is 0 Å². The van der Waals surface area contributed by atoms with E-state index in [0.29, 0.717) is 42.6 Å². The van der Waals surface area contributed by atoms with E-state index in [0.717, 1.165) is 35.4 Å². The molecule has 2 aromatic rings. The van der Waals surface area contributed by atoms with Crippen molar-refractivity contribution in [1.82, 2.24) is 15.1 Å². The Morgan fingerprint density at radius 3 is 2.53 bits per heavy atom. The third kappa shape index (κ3) is 5.61. The number of hydrogen-bond donors (Lipinski definition) is 1. The Kier molecular flexibility index (Phi) is 7.20. The number of aromatic nitrogens is 2. The molecule has 2 heterocycles. The van der Waals surface area contributed by atoms with Gasteiger partial charge in [-0.15, -0.1) is 10.2 Å². The number of rotatable bonds is 6. The summed E-state index contributed by atoms with van der Waals surface area (Å²) in [6.07, 6.45) is -4.36. The topological polar surface area (TPSA) is 61.7 Å². The predicted octanol–water partition coefficient (Wildman–Crippen LogP) is 3.43. The van der Waals surface area contributed by atoms with E-state index in [1.807, 2.05) is 37.8 Å². The van der Waals surface area contributed by atoms with Crippen LogP contribution >= 0.6 is 11.3 Å². The molecule has 1 N–H and O–H groups in total. The average molecular weight is 445 g/mol. The number of halogens is 3. The second-order valence-corrected chi connectivity index (χ2v) is 8.60. The Balaban J connectivity index is 1.51. The van der Waals surface area contributed by atoms with E-state index in [9.17, 15) is 18.3 Å². The molecule has 0 amide bonds. The summed E-state index contributed by atoms with van der Waals surface area (Å²) in [7, 11) is 0. The fourth-order valence-corrected chi connectivity index (χ4v) is 4.24. The highest BCUT2D eigenvalue weighted by atomic mass is 32.1. The van der Waals surface area contributed by atoms with Crippen molar-refractivity contribution in [3.8, 4) is 5.75 Å². The molecule has 1 aromatic carbocycles. The van der Waals surface area contributed by atoms with Gasteiger partial charge in [0.25, 0.3) is 0 Å². The highest BCUT2D eigenvalue weighted by Gasteiger charge is 2.36. The standard InChI is InChI=1S/C20H27F3N4O2S/c1-13-5-6-14(2)17(15(13)3)29-12-16(28)11-26-7-4-8-27(10-9-26)19-25-24-18(30-19)20(21,22)23/h5-6,16,28H,4,7-12H2,1-3H3. The molecule has 1 atom stereocenters. The van der Waals surface area contributed by atoms with Crippen LogP contribution in [0, 0.1) is 20.8 Å². The van der Waals surface area contributed by atoms with Gasteiger partial charge in [-0.2, -0.15) is 13.2 Å². The Bertz CT molecular complexity index is 859. The predicted molar refractivity (Wildman–Crippen MR) is 110 cm³/mol. The van der Waals surface area contributed by atoms with Crippen LogP contribution in [0.1, 0.15) is 28.1 Å². The highest BCUT2D eigenvalue weighted by Crippen LogP contribution is 2.34. The minimum absolute atomic E-state index is 0.191. The van der Waals surface area contributed by atoms with Crippen molar-refractivity contribution < 1.29 is 23.0 Å². The van der Waals surface area contributed by atoms with E-state index < -0.39 is 17.3 Å². The molecule has 10 heteroatoms. The first-order valence-electron chi connectivity index (χ1n) is 9.91. The van der Waals surface area contributed by atoms with Gasteiger partial charge in [-0.3, -0.25) is 4.90 Å². The lowest BCUT2D eigenvalue weighted by Gasteiger charge is -2.24. The lowest BCUT2D eigenvalue weighted by Crippen LogP contribution is -2.38. The monoisotopic (exact) mass is 444 g/mol. The van der Waals surface area contributed by atoms with Crippen LogP contribution in [0.2, 0.25) is 0 Å². The number of nitrogens with zero attached hydrogens (tertiary/aromatic N) is 4. The number of aryl methyl sites for hydroxylation is 2. The Labute approximate surface area is 178 Å². The van der Waals surface area contributed by atoms with Gasteiger partial charge in [-0.1, -0.05) is 23.5 Å². The third-order valence-electron chi connectivity index (χ3n) is 5.28. The fraction of sp³-hybridized carbons (Fsp3) is 0.600. The number of β-amino-alcohol motifs (C(OH)–C–C–N with tert-alkyl or cyclic N) is 1. The van der Waals surface area contributed by atoms with E-state index in [2.05, 4.69) is 15.1 Å². The molecular weight excluding hydrogens is 417 g/mol. The molecule has 0 bridgehead atoms. The molecule has 0 saturated carbocycles. The van der Waals surface area contributed by atoms with Gasteiger partial charge >= 0.3 is 6.18 Å². The van der Waals surface area contributed by atoms with Crippen molar-refractivity contribution in [2.24, 2.45) is 0 Å². The molecule has 1 unspecified atom stereocenters. The second-order valence-electron chi connectivity index (χ2n) is 7.65. The maximum Gasteiger partial charge on any atom is 0.445 e. The second kappa shape index (κ2) is 9.49. The SMILES string of the molecule is Cc1ccc(C)c(OCC(O)CN2CCCN(c3nnc(C(F)(F)F)s3)CC2)c1C. The quantitative estimate of drug-likeness (QED) is 0.737. The van der Waals surface area contributed by atoms with Crippen LogP contribution in [0.5, 0.6) is 5.75 Å². The van der Waals surface area contributed by atoms with E-state index in [1.165, 1.54) is 0 Å². The van der Waals surface area contributed by atoms with Crippen molar-refractivity contribution in [1.29, 1.82) is 0 Å². The van der Waals surface area contributed by atoms with E-state index in [-0.39, 0.29) is 6.61 Å². The van der Waals surface area contributed by atoms with Gasteiger partial charge in [0, 0.05) is 26.2 Å². The van der Waals surface area contributed by atoms with E-state index in [1.54, 1.807) is 0 Å². The molecular formula is C20H27F3N4O2S. The zero-order valence-corrected chi connectivity index (χ0v) is 18.2. The van der Waals surface area contributed by atoms with Gasteiger partial charge < -0.3 is 14.7 Å². The zero-order valence-electron chi connectivity index (χ0n) is 17.4. The number of benzene rings is 1. The summed E-state index contributed by atoms with van der Waals surface area (Å²) >= 11 is 0.571. The minimum atomic E-state index is -4.47. The summed E-state index contributed by atoms with van der Waals surface area (Å²) in [5, 5.41) is 16.8. The maximum absolute atomic E-state index is 12.8. The van der Waals surface area contributed by atoms with E-state index >= 15 is 0 Å². The van der Waals surface area contributed by atoms with Crippen LogP contribution in [0.4, 0.5) is 18.3 Å². The first kappa shape index (κ1) is 22.8. The van der Waals surface area contributed by atoms with Crippen molar-refractivity contribution >= 4 is 16.5 Å². The molecule has 1 fully saturated rings. The highest BCUT2D eigenvalue weighted by molar-refractivity contribution is 7.15. The molecule has 6 nitrogen and oxygen atoms in total. The van der Waals surface area contributed by atoms with Crippen LogP contribution in [0.3, 0.4) is 0 Å². The maximum atomic E-state index is 12.8. The van der Waals surface area contributed by atoms with E-state index in [4.69, 9.17) is 4.74 Å². The summed E-state index contributed by atoms with van der Waals surface area (Å²) in [6, 6.07) is 4.05. The first-order chi connectivity index (χ1) is 14.1. The smallest absolute Gasteiger partial charge is 0.445 e. The zero-order chi connectivity index (χ0) is 21.9. The number of aliphatic hydroxyl groups is 1. The number of anilines is 1. The van der Waals surface area contributed by atoms with Crippen LogP contribution < -0.4 is 9.64 Å². The van der Waals surface area contributed by atoms with Crippen molar-refractivity contribution in [2.75, 3.05) is 44.2 Å². The van der Waals surface area contributed by atoms with Gasteiger partial charge in [0.05, 0.1) is 0 Å². The van der Waals surface area contributed by atoms with Crippen LogP contribution in [-0.4, -0.2) is 65.6 Å². The molecule has 3 rings (SSSR count). The van der Waals surface area contributed by atoms with Crippen LogP contribution in [-0.2, 0) is 6.18 Å². The lowest BCUT2D eigenvalue weighted by molar-refractivity contribution is -0.138. The Morgan fingerprint density at radius 2 is 1.83 bits per heavy atom. The summed E-state index contributed by atoms with van der Waals surface area (Å²) in [6.45, 7) is 9.17. The minimum Gasteiger partial charge on any atom is -0.490 e. The summed E-state index contributed by atoms with van der Waals surface area (Å²) < 4.78 is 44.2. The number of ether oxygens (including phenoxy) is 1. The lowest BCUT2D eigenvalue weighted by atomic mass is 10.1. The molecule has 30 heavy (non-hydrogen) atoms.